The molecule has 0 aliphatic heterocycles. The second-order valence-electron chi connectivity index (χ2n) is 5.32. The fourth-order valence-corrected chi connectivity index (χ4v) is 2.19. The number of aromatic nitrogens is 1. The fraction of sp³-hybridized carbons (Fsp3) is 0.333. The minimum absolute atomic E-state index is 0.181. The van der Waals surface area contributed by atoms with Crippen LogP contribution in [0.4, 0.5) is 4.39 Å². The van der Waals surface area contributed by atoms with E-state index in [0.717, 1.165) is 31.0 Å². The quantitative estimate of drug-likeness (QED) is 0.637. The van der Waals surface area contributed by atoms with Crippen LogP contribution in [0.3, 0.4) is 0 Å². The Morgan fingerprint density at radius 2 is 2.09 bits per heavy atom. The summed E-state index contributed by atoms with van der Waals surface area (Å²) in [6.45, 7) is 5.88. The van der Waals surface area contributed by atoms with Crippen molar-refractivity contribution in [2.75, 3.05) is 13.1 Å². The van der Waals surface area contributed by atoms with Crippen molar-refractivity contribution in [3.05, 3.63) is 65.2 Å². The normalized spacial score (nSPS) is 11.3. The van der Waals surface area contributed by atoms with Gasteiger partial charge < -0.3 is 10.6 Å². The molecular weight excluding hydrogens is 291 g/mol. The third-order valence-electron chi connectivity index (χ3n) is 3.42. The average molecular weight is 314 g/mol. The van der Waals surface area contributed by atoms with E-state index in [4.69, 9.17) is 0 Å². The highest BCUT2D eigenvalue weighted by Crippen LogP contribution is 2.10. The molecule has 2 N–H and O–H groups in total. The zero-order valence-electron chi connectivity index (χ0n) is 13.6. The van der Waals surface area contributed by atoms with Crippen LogP contribution >= 0.6 is 0 Å². The Balaban J connectivity index is 1.90. The number of halogens is 1. The summed E-state index contributed by atoms with van der Waals surface area (Å²) in [7, 11) is 0. The highest BCUT2D eigenvalue weighted by molar-refractivity contribution is 5.79. The summed E-state index contributed by atoms with van der Waals surface area (Å²) >= 11 is 0. The van der Waals surface area contributed by atoms with Crippen LogP contribution in [0.5, 0.6) is 0 Å². The molecule has 0 radical (unpaired) electrons. The summed E-state index contributed by atoms with van der Waals surface area (Å²) in [5.74, 6) is 0.581. The van der Waals surface area contributed by atoms with Crippen molar-refractivity contribution in [2.24, 2.45) is 4.99 Å². The lowest BCUT2D eigenvalue weighted by Gasteiger charge is -2.11. The fourth-order valence-electron chi connectivity index (χ4n) is 2.19. The number of aliphatic imine (C=N–C) groups is 1. The van der Waals surface area contributed by atoms with Crippen LogP contribution in [0.25, 0.3) is 0 Å². The molecule has 2 rings (SSSR count). The highest BCUT2D eigenvalue weighted by atomic mass is 19.1. The molecule has 0 atom stereocenters. The molecule has 0 aliphatic rings. The molecule has 0 saturated carbocycles. The van der Waals surface area contributed by atoms with Gasteiger partial charge in [-0.3, -0.25) is 4.98 Å². The molecule has 0 unspecified atom stereocenters. The van der Waals surface area contributed by atoms with Crippen LogP contribution in [-0.2, 0) is 13.0 Å². The molecule has 1 aromatic heterocycles. The van der Waals surface area contributed by atoms with Crippen LogP contribution < -0.4 is 10.6 Å². The second kappa shape index (κ2) is 8.88. The monoisotopic (exact) mass is 314 g/mol. The number of hydrogen-bond donors (Lipinski definition) is 2. The van der Waals surface area contributed by atoms with E-state index in [9.17, 15) is 4.39 Å². The van der Waals surface area contributed by atoms with Gasteiger partial charge in [-0.1, -0.05) is 18.2 Å². The van der Waals surface area contributed by atoms with E-state index in [1.54, 1.807) is 19.2 Å². The minimum Gasteiger partial charge on any atom is -0.357 e. The lowest BCUT2D eigenvalue weighted by molar-refractivity contribution is 0.617. The van der Waals surface area contributed by atoms with Crippen molar-refractivity contribution in [3.8, 4) is 0 Å². The summed E-state index contributed by atoms with van der Waals surface area (Å²) in [6, 6.07) is 9.08. The Morgan fingerprint density at radius 3 is 2.78 bits per heavy atom. The van der Waals surface area contributed by atoms with E-state index in [2.05, 4.69) is 26.7 Å². The summed E-state index contributed by atoms with van der Waals surface area (Å²) in [5.41, 5.74) is 2.82. The Kier molecular flexibility index (Phi) is 6.54. The summed E-state index contributed by atoms with van der Waals surface area (Å²) in [4.78, 5) is 8.65. The lowest BCUT2D eigenvalue weighted by atomic mass is 10.1. The summed E-state index contributed by atoms with van der Waals surface area (Å²) in [5, 5.41) is 6.52. The SMILES string of the molecule is CCNC(=NCc1ccc(F)c(C)c1)NCCc1cccnc1. The first kappa shape index (κ1) is 16.9. The zero-order chi connectivity index (χ0) is 16.5. The number of nitrogens with one attached hydrogen (secondary N) is 2. The Bertz CT molecular complexity index is 641. The largest absolute Gasteiger partial charge is 0.357 e. The molecule has 1 heterocycles. The summed E-state index contributed by atoms with van der Waals surface area (Å²) in [6.07, 6.45) is 4.52. The molecule has 0 fully saturated rings. The lowest BCUT2D eigenvalue weighted by Crippen LogP contribution is -2.38. The highest BCUT2D eigenvalue weighted by Gasteiger charge is 2.01. The van der Waals surface area contributed by atoms with Crippen LogP contribution in [0, 0.1) is 12.7 Å². The molecule has 0 aliphatic carbocycles. The third-order valence-corrected chi connectivity index (χ3v) is 3.42. The predicted octanol–water partition coefficient (Wildman–Crippen LogP) is 2.83. The van der Waals surface area contributed by atoms with E-state index in [-0.39, 0.29) is 5.82 Å². The van der Waals surface area contributed by atoms with Gasteiger partial charge in [0.2, 0.25) is 0 Å². The Hall–Kier alpha value is -2.43. The van der Waals surface area contributed by atoms with Gasteiger partial charge in [-0.05, 0) is 49.1 Å². The molecule has 1 aromatic carbocycles. The van der Waals surface area contributed by atoms with Gasteiger partial charge in [0.1, 0.15) is 5.82 Å². The molecule has 0 bridgehead atoms. The maximum absolute atomic E-state index is 13.3. The van der Waals surface area contributed by atoms with Gasteiger partial charge in [-0.15, -0.1) is 0 Å². The number of nitrogens with zero attached hydrogens (tertiary/aromatic N) is 2. The second-order valence-corrected chi connectivity index (χ2v) is 5.32. The molecule has 0 amide bonds. The van der Waals surface area contributed by atoms with Gasteiger partial charge in [0, 0.05) is 25.5 Å². The Labute approximate surface area is 136 Å². The summed E-state index contributed by atoms with van der Waals surface area (Å²) < 4.78 is 13.3. The molecule has 5 heteroatoms. The molecule has 122 valence electrons. The number of rotatable bonds is 6. The van der Waals surface area contributed by atoms with Gasteiger partial charge in [-0.2, -0.15) is 0 Å². The van der Waals surface area contributed by atoms with Gasteiger partial charge in [0.25, 0.3) is 0 Å². The van der Waals surface area contributed by atoms with Crippen LogP contribution in [0.2, 0.25) is 0 Å². The maximum atomic E-state index is 13.3. The maximum Gasteiger partial charge on any atom is 0.191 e. The van der Waals surface area contributed by atoms with Gasteiger partial charge in [-0.25, -0.2) is 9.38 Å². The van der Waals surface area contributed by atoms with Crippen molar-refractivity contribution in [3.63, 3.8) is 0 Å². The van der Waals surface area contributed by atoms with Crippen molar-refractivity contribution in [1.29, 1.82) is 0 Å². The van der Waals surface area contributed by atoms with Crippen molar-refractivity contribution >= 4 is 5.96 Å². The van der Waals surface area contributed by atoms with E-state index in [1.807, 2.05) is 25.3 Å². The first-order valence-electron chi connectivity index (χ1n) is 7.85. The van der Waals surface area contributed by atoms with Crippen molar-refractivity contribution in [1.82, 2.24) is 15.6 Å². The first-order chi connectivity index (χ1) is 11.2. The molecular formula is C18H23FN4. The van der Waals surface area contributed by atoms with Crippen LogP contribution in [-0.4, -0.2) is 24.0 Å². The number of guanidine groups is 1. The predicted molar refractivity (Wildman–Crippen MR) is 91.9 cm³/mol. The number of benzene rings is 1. The molecule has 4 nitrogen and oxygen atoms in total. The molecule has 0 saturated heterocycles. The molecule has 23 heavy (non-hydrogen) atoms. The number of aryl methyl sites for hydroxylation is 1. The van der Waals surface area contributed by atoms with Crippen molar-refractivity contribution in [2.45, 2.75) is 26.8 Å². The number of pyridine rings is 1. The smallest absolute Gasteiger partial charge is 0.191 e. The van der Waals surface area contributed by atoms with E-state index < -0.39 is 0 Å². The van der Waals surface area contributed by atoms with Crippen LogP contribution in [0.15, 0.2) is 47.7 Å². The van der Waals surface area contributed by atoms with Crippen LogP contribution in [0.1, 0.15) is 23.6 Å². The molecule has 0 spiro atoms. The average Bonchev–Trinajstić information content (AvgIpc) is 2.56. The van der Waals surface area contributed by atoms with E-state index in [0.29, 0.717) is 12.1 Å². The van der Waals surface area contributed by atoms with Gasteiger partial charge in [0.15, 0.2) is 5.96 Å². The third kappa shape index (κ3) is 5.70. The Morgan fingerprint density at radius 1 is 1.22 bits per heavy atom. The van der Waals surface area contributed by atoms with E-state index >= 15 is 0 Å². The standard InChI is InChI=1S/C18H23FN4/c1-3-21-18(22-10-8-15-5-4-9-20-12-15)23-13-16-6-7-17(19)14(2)11-16/h4-7,9,11-12H,3,8,10,13H2,1-2H3,(H2,21,22,23). The first-order valence-corrected chi connectivity index (χ1v) is 7.85. The van der Waals surface area contributed by atoms with Gasteiger partial charge in [0.05, 0.1) is 6.54 Å². The van der Waals surface area contributed by atoms with E-state index in [1.165, 1.54) is 11.6 Å². The zero-order valence-corrected chi connectivity index (χ0v) is 13.6. The topological polar surface area (TPSA) is 49.3 Å². The van der Waals surface area contributed by atoms with Crippen molar-refractivity contribution < 1.29 is 4.39 Å². The minimum atomic E-state index is -0.181. The van der Waals surface area contributed by atoms with Gasteiger partial charge >= 0.3 is 0 Å². The molecule has 2 aromatic rings. The number of hydrogen-bond acceptors (Lipinski definition) is 2.